The largest absolute Gasteiger partial charge is 0.346 e. The fourth-order valence-corrected chi connectivity index (χ4v) is 4.52. The van der Waals surface area contributed by atoms with E-state index in [4.69, 9.17) is 0 Å². The number of rotatable bonds is 5. The van der Waals surface area contributed by atoms with Gasteiger partial charge in [0, 0.05) is 55.9 Å². The van der Waals surface area contributed by atoms with E-state index >= 15 is 0 Å². The number of thiazole rings is 1. The summed E-state index contributed by atoms with van der Waals surface area (Å²) in [7, 11) is 0. The van der Waals surface area contributed by atoms with Gasteiger partial charge in [-0.1, -0.05) is 12.8 Å². The zero-order valence-electron chi connectivity index (χ0n) is 12.8. The number of hydrogen-bond acceptors (Lipinski definition) is 5. The summed E-state index contributed by atoms with van der Waals surface area (Å²) in [6, 6.07) is 1.66. The van der Waals surface area contributed by atoms with Gasteiger partial charge in [-0.25, -0.2) is 4.98 Å². The smallest absolute Gasteiger partial charge is 0.185 e. The van der Waals surface area contributed by atoms with Crippen molar-refractivity contribution in [1.82, 2.24) is 15.2 Å². The predicted octanol–water partition coefficient (Wildman–Crippen LogP) is 2.46. The van der Waals surface area contributed by atoms with Crippen molar-refractivity contribution in [1.29, 1.82) is 0 Å². The number of aromatic nitrogens is 1. The fraction of sp³-hybridized carbons (Fsp3) is 0.812. The Kier molecular flexibility index (Phi) is 4.14. The Labute approximate surface area is 131 Å². The number of piperazine rings is 1. The van der Waals surface area contributed by atoms with E-state index < -0.39 is 0 Å². The molecule has 0 aromatic carbocycles. The van der Waals surface area contributed by atoms with Gasteiger partial charge < -0.3 is 10.2 Å². The molecule has 3 aliphatic rings. The maximum Gasteiger partial charge on any atom is 0.185 e. The van der Waals surface area contributed by atoms with Crippen molar-refractivity contribution in [3.05, 3.63) is 11.1 Å². The first-order chi connectivity index (χ1) is 10.4. The lowest BCUT2D eigenvalue weighted by Crippen LogP contribution is -2.49. The van der Waals surface area contributed by atoms with Crippen LogP contribution in [0.4, 0.5) is 5.13 Å². The minimum atomic E-state index is 0.783. The molecule has 3 fully saturated rings. The molecule has 2 saturated carbocycles. The van der Waals surface area contributed by atoms with Gasteiger partial charge in [0.1, 0.15) is 0 Å². The highest BCUT2D eigenvalue weighted by atomic mass is 32.1. The van der Waals surface area contributed by atoms with Crippen LogP contribution in [0.25, 0.3) is 0 Å². The van der Waals surface area contributed by atoms with Gasteiger partial charge in [0.15, 0.2) is 5.13 Å². The Morgan fingerprint density at radius 3 is 2.57 bits per heavy atom. The molecule has 21 heavy (non-hydrogen) atoms. The van der Waals surface area contributed by atoms with E-state index in [1.807, 2.05) is 11.3 Å². The van der Waals surface area contributed by atoms with E-state index in [1.54, 1.807) is 0 Å². The number of anilines is 1. The third kappa shape index (κ3) is 3.41. The molecule has 4 rings (SSSR count). The van der Waals surface area contributed by atoms with Gasteiger partial charge in [-0.2, -0.15) is 0 Å². The second-order valence-electron chi connectivity index (χ2n) is 6.73. The van der Waals surface area contributed by atoms with Crippen molar-refractivity contribution >= 4 is 16.5 Å². The van der Waals surface area contributed by atoms with Crippen LogP contribution in [0.5, 0.6) is 0 Å². The molecule has 1 aromatic heterocycles. The topological polar surface area (TPSA) is 31.4 Å². The quantitative estimate of drug-likeness (QED) is 0.905. The van der Waals surface area contributed by atoms with Crippen molar-refractivity contribution in [2.24, 2.45) is 0 Å². The Morgan fingerprint density at radius 1 is 1.10 bits per heavy atom. The Balaban J connectivity index is 1.28. The zero-order valence-corrected chi connectivity index (χ0v) is 13.6. The molecule has 0 unspecified atom stereocenters. The molecule has 1 aromatic rings. The van der Waals surface area contributed by atoms with Crippen LogP contribution in [0.2, 0.25) is 0 Å². The Hall–Kier alpha value is -0.650. The van der Waals surface area contributed by atoms with Crippen LogP contribution in [-0.4, -0.2) is 48.1 Å². The average Bonchev–Trinajstić information content (AvgIpc) is 3.03. The third-order valence-corrected chi connectivity index (χ3v) is 6.17. The van der Waals surface area contributed by atoms with Crippen LogP contribution in [0.3, 0.4) is 0 Å². The summed E-state index contributed by atoms with van der Waals surface area (Å²) in [4.78, 5) is 11.2. The fourth-order valence-electron chi connectivity index (χ4n) is 3.61. The molecule has 1 saturated heterocycles. The van der Waals surface area contributed by atoms with Crippen LogP contribution >= 0.6 is 11.3 Å². The molecule has 0 atom stereocenters. The van der Waals surface area contributed by atoms with Gasteiger partial charge >= 0.3 is 0 Å². The van der Waals surface area contributed by atoms with Crippen LogP contribution in [0.15, 0.2) is 6.20 Å². The number of hydrogen-bond donors (Lipinski definition) is 1. The highest BCUT2D eigenvalue weighted by molar-refractivity contribution is 7.15. The Morgan fingerprint density at radius 2 is 1.86 bits per heavy atom. The van der Waals surface area contributed by atoms with Gasteiger partial charge in [0.25, 0.3) is 0 Å². The first kappa shape index (κ1) is 14.0. The first-order valence-corrected chi connectivity index (χ1v) is 9.37. The molecule has 1 N–H and O–H groups in total. The van der Waals surface area contributed by atoms with Crippen molar-refractivity contribution in [2.45, 2.75) is 57.2 Å². The molecule has 4 nitrogen and oxygen atoms in total. The normalized spacial score (nSPS) is 24.9. The van der Waals surface area contributed by atoms with Crippen LogP contribution in [-0.2, 0) is 6.54 Å². The summed E-state index contributed by atoms with van der Waals surface area (Å²) < 4.78 is 0. The Bertz CT molecular complexity index is 457. The summed E-state index contributed by atoms with van der Waals surface area (Å²) in [6.07, 6.45) is 10.5. The SMILES string of the molecule is c1nc(N2CCN(C3CCCC3)CC2)sc1CNC1CC1. The highest BCUT2D eigenvalue weighted by Crippen LogP contribution is 2.28. The van der Waals surface area contributed by atoms with E-state index in [9.17, 15) is 0 Å². The van der Waals surface area contributed by atoms with Crippen molar-refractivity contribution < 1.29 is 0 Å². The van der Waals surface area contributed by atoms with Crippen molar-refractivity contribution in [3.8, 4) is 0 Å². The third-order valence-electron chi connectivity index (χ3n) is 5.11. The highest BCUT2D eigenvalue weighted by Gasteiger charge is 2.27. The minimum absolute atomic E-state index is 0.783. The van der Waals surface area contributed by atoms with Gasteiger partial charge in [-0.05, 0) is 25.7 Å². The average molecular weight is 306 g/mol. The molecular formula is C16H26N4S. The summed E-state index contributed by atoms with van der Waals surface area (Å²) in [6.45, 7) is 5.75. The molecule has 116 valence electrons. The number of nitrogens with one attached hydrogen (secondary N) is 1. The lowest BCUT2D eigenvalue weighted by Gasteiger charge is -2.37. The predicted molar refractivity (Wildman–Crippen MR) is 88.0 cm³/mol. The van der Waals surface area contributed by atoms with E-state index in [1.165, 1.54) is 61.6 Å². The zero-order chi connectivity index (χ0) is 14.1. The molecule has 0 radical (unpaired) electrons. The van der Waals surface area contributed by atoms with E-state index in [-0.39, 0.29) is 0 Å². The van der Waals surface area contributed by atoms with Gasteiger partial charge in [0.2, 0.25) is 0 Å². The van der Waals surface area contributed by atoms with Crippen molar-refractivity contribution in [2.75, 3.05) is 31.1 Å². The molecule has 0 amide bonds. The van der Waals surface area contributed by atoms with Crippen LogP contribution < -0.4 is 10.2 Å². The van der Waals surface area contributed by atoms with E-state index in [2.05, 4.69) is 26.3 Å². The van der Waals surface area contributed by atoms with Crippen molar-refractivity contribution in [3.63, 3.8) is 0 Å². The van der Waals surface area contributed by atoms with Crippen LogP contribution in [0, 0.1) is 0 Å². The van der Waals surface area contributed by atoms with Crippen LogP contribution in [0.1, 0.15) is 43.4 Å². The lowest BCUT2D eigenvalue weighted by atomic mass is 10.2. The first-order valence-electron chi connectivity index (χ1n) is 8.55. The molecule has 2 heterocycles. The maximum atomic E-state index is 4.65. The molecular weight excluding hydrogens is 280 g/mol. The summed E-state index contributed by atoms with van der Waals surface area (Å²) in [5.74, 6) is 0. The number of nitrogens with zero attached hydrogens (tertiary/aromatic N) is 3. The summed E-state index contributed by atoms with van der Waals surface area (Å²) in [5.41, 5.74) is 0. The second-order valence-corrected chi connectivity index (χ2v) is 7.82. The molecule has 0 bridgehead atoms. The summed E-state index contributed by atoms with van der Waals surface area (Å²) in [5, 5.41) is 4.81. The van der Waals surface area contributed by atoms with Gasteiger partial charge in [-0.15, -0.1) is 11.3 Å². The van der Waals surface area contributed by atoms with E-state index in [0.717, 1.165) is 31.7 Å². The monoisotopic (exact) mass is 306 g/mol. The summed E-state index contributed by atoms with van der Waals surface area (Å²) >= 11 is 1.88. The minimum Gasteiger partial charge on any atom is -0.346 e. The molecule has 1 aliphatic heterocycles. The molecule has 0 spiro atoms. The van der Waals surface area contributed by atoms with Gasteiger partial charge in [-0.3, -0.25) is 4.90 Å². The maximum absolute atomic E-state index is 4.65. The molecule has 2 aliphatic carbocycles. The lowest BCUT2D eigenvalue weighted by molar-refractivity contribution is 0.187. The van der Waals surface area contributed by atoms with Gasteiger partial charge in [0.05, 0.1) is 0 Å². The standard InChI is InChI=1S/C16H26N4S/c1-2-4-14(3-1)19-7-9-20(10-8-19)16-18-12-15(21-16)11-17-13-5-6-13/h12-14,17H,1-11H2. The van der Waals surface area contributed by atoms with E-state index in [0.29, 0.717) is 0 Å². The molecule has 5 heteroatoms. The second kappa shape index (κ2) is 6.23.